The van der Waals surface area contributed by atoms with Crippen LogP contribution in [0.25, 0.3) is 10.9 Å². The van der Waals surface area contributed by atoms with Crippen LogP contribution in [0.3, 0.4) is 0 Å². The Balaban J connectivity index is 0.000000429. The summed E-state index contributed by atoms with van der Waals surface area (Å²) in [6.07, 6.45) is -2.49. The first-order chi connectivity index (χ1) is 16.4. The quantitative estimate of drug-likeness (QED) is 0.515. The van der Waals surface area contributed by atoms with Crippen LogP contribution >= 0.6 is 0 Å². The predicted octanol–water partition coefficient (Wildman–Crippen LogP) is 4.68. The lowest BCUT2D eigenvalue weighted by Gasteiger charge is -2.15. The molecule has 0 aliphatic carbocycles. The van der Waals surface area contributed by atoms with E-state index in [1.165, 1.54) is 3.97 Å². The number of nitrogens with one attached hydrogen (secondary N) is 1. The molecule has 35 heavy (non-hydrogen) atoms. The minimum Gasteiger partial charge on any atom is -0.492 e. The summed E-state index contributed by atoms with van der Waals surface area (Å²) in [5, 5.41) is 11.6. The zero-order valence-corrected chi connectivity index (χ0v) is 20.3. The summed E-state index contributed by atoms with van der Waals surface area (Å²) >= 11 is 0. The number of alkyl halides is 3. The van der Waals surface area contributed by atoms with Crippen molar-refractivity contribution >= 4 is 26.9 Å². The van der Waals surface area contributed by atoms with E-state index < -0.39 is 22.2 Å². The average molecular weight is 513 g/mol. The van der Waals surface area contributed by atoms with Crippen molar-refractivity contribution < 1.29 is 36.2 Å². The second-order valence-electron chi connectivity index (χ2n) is 8.29. The van der Waals surface area contributed by atoms with Gasteiger partial charge in [0.05, 0.1) is 12.1 Å². The molecule has 4 rings (SSSR count). The van der Waals surface area contributed by atoms with Crippen molar-refractivity contribution in [3.63, 3.8) is 0 Å². The molecule has 190 valence electrons. The molecule has 1 aliphatic heterocycles. The fourth-order valence-corrected chi connectivity index (χ4v) is 5.42. The number of ether oxygens (including phenoxy) is 1. The molecule has 7 nitrogen and oxygen atoms in total. The van der Waals surface area contributed by atoms with Gasteiger partial charge in [0.1, 0.15) is 10.6 Å². The number of benzene rings is 2. The van der Waals surface area contributed by atoms with Crippen LogP contribution in [0, 0.1) is 0 Å². The van der Waals surface area contributed by atoms with Gasteiger partial charge in [-0.25, -0.2) is 17.2 Å². The third kappa shape index (κ3) is 5.62. The molecule has 0 radical (unpaired) electrons. The topological polar surface area (TPSA) is 97.6 Å². The van der Waals surface area contributed by atoms with E-state index in [0.29, 0.717) is 12.4 Å². The third-order valence-corrected chi connectivity index (χ3v) is 7.26. The molecule has 0 bridgehead atoms. The lowest BCUT2D eigenvalue weighted by atomic mass is 10.0. The normalized spacial score (nSPS) is 13.8. The number of aliphatic carboxylic acids is 1. The SMILES string of the molecule is CCOc1ccc(C(C)C)cc1S(=O)(=O)n1cc2c3c(cccc31)CNCC2.O=C(O)C(F)(F)F. The predicted molar refractivity (Wildman–Crippen MR) is 125 cm³/mol. The van der Waals surface area contributed by atoms with Gasteiger partial charge in [-0.1, -0.05) is 32.0 Å². The van der Waals surface area contributed by atoms with Crippen LogP contribution in [-0.2, 0) is 27.8 Å². The van der Waals surface area contributed by atoms with Crippen molar-refractivity contribution in [3.05, 3.63) is 59.3 Å². The number of carboxylic acids is 1. The molecular formula is C24H27F3N2O5S. The molecule has 0 saturated heterocycles. The number of carbonyl (C=O) groups is 1. The van der Waals surface area contributed by atoms with Crippen LogP contribution < -0.4 is 10.1 Å². The summed E-state index contributed by atoms with van der Waals surface area (Å²) in [5.41, 5.74) is 3.91. The molecule has 11 heteroatoms. The van der Waals surface area contributed by atoms with E-state index in [1.54, 1.807) is 18.3 Å². The molecule has 0 unspecified atom stereocenters. The minimum atomic E-state index is -5.08. The summed E-state index contributed by atoms with van der Waals surface area (Å²) in [4.78, 5) is 9.12. The molecule has 0 amide bonds. The number of nitrogens with zero attached hydrogens (tertiary/aromatic N) is 1. The van der Waals surface area contributed by atoms with Crippen LogP contribution in [0.5, 0.6) is 5.75 Å². The number of aromatic nitrogens is 1. The second-order valence-corrected chi connectivity index (χ2v) is 10.1. The van der Waals surface area contributed by atoms with Gasteiger partial charge in [-0.3, -0.25) is 0 Å². The minimum absolute atomic E-state index is 0.226. The van der Waals surface area contributed by atoms with Gasteiger partial charge in [0.2, 0.25) is 0 Å². The maximum absolute atomic E-state index is 13.7. The Bertz CT molecular complexity index is 1330. The van der Waals surface area contributed by atoms with Gasteiger partial charge >= 0.3 is 12.1 Å². The first-order valence-corrected chi connectivity index (χ1v) is 12.5. The summed E-state index contributed by atoms with van der Waals surface area (Å²) in [6, 6.07) is 11.3. The Labute approximate surface area is 201 Å². The highest BCUT2D eigenvalue weighted by molar-refractivity contribution is 7.90. The summed E-state index contributed by atoms with van der Waals surface area (Å²) < 4.78 is 66.3. The van der Waals surface area contributed by atoms with Crippen molar-refractivity contribution in [2.24, 2.45) is 0 Å². The number of hydrogen-bond donors (Lipinski definition) is 2. The van der Waals surface area contributed by atoms with E-state index >= 15 is 0 Å². The summed E-state index contributed by atoms with van der Waals surface area (Å²) in [7, 11) is -3.79. The molecule has 0 atom stereocenters. The Hall–Kier alpha value is -3.05. The Morgan fingerprint density at radius 3 is 2.49 bits per heavy atom. The van der Waals surface area contributed by atoms with Crippen molar-refractivity contribution in [1.82, 2.24) is 9.29 Å². The monoisotopic (exact) mass is 512 g/mol. The lowest BCUT2D eigenvalue weighted by molar-refractivity contribution is -0.192. The standard InChI is InChI=1S/C22H26N2O3S.C2HF3O2/c1-4-27-20-9-8-16(15(2)3)12-21(20)28(25,26)24-14-18-10-11-23-13-17-6-5-7-19(24)22(17)18;3-2(4,5)1(6)7/h5-9,12,14-15,23H,4,10-11,13H2,1-3H3;(H,6,7). The van der Waals surface area contributed by atoms with Crippen LogP contribution in [0.1, 0.15) is 43.4 Å². The number of carboxylic acid groups (broad SMARTS) is 1. The van der Waals surface area contributed by atoms with Gasteiger partial charge in [0.25, 0.3) is 10.0 Å². The van der Waals surface area contributed by atoms with Gasteiger partial charge in [0, 0.05) is 18.1 Å². The first kappa shape index (κ1) is 26.6. The molecular weight excluding hydrogens is 485 g/mol. The molecule has 0 spiro atoms. The highest BCUT2D eigenvalue weighted by Crippen LogP contribution is 2.34. The lowest BCUT2D eigenvalue weighted by Crippen LogP contribution is -2.21. The second kappa shape index (κ2) is 10.3. The van der Waals surface area contributed by atoms with Gasteiger partial charge in [0.15, 0.2) is 0 Å². The smallest absolute Gasteiger partial charge is 0.490 e. The van der Waals surface area contributed by atoms with E-state index in [1.807, 2.05) is 25.1 Å². The number of halogens is 3. The molecule has 0 saturated carbocycles. The Morgan fingerprint density at radius 1 is 1.20 bits per heavy atom. The van der Waals surface area contributed by atoms with Crippen LogP contribution in [-0.4, -0.2) is 42.8 Å². The first-order valence-electron chi connectivity index (χ1n) is 11.0. The van der Waals surface area contributed by atoms with Gasteiger partial charge in [-0.15, -0.1) is 0 Å². The maximum Gasteiger partial charge on any atom is 0.490 e. The molecule has 3 aromatic rings. The van der Waals surface area contributed by atoms with Gasteiger partial charge in [-0.2, -0.15) is 13.2 Å². The average Bonchev–Trinajstić information content (AvgIpc) is 3.04. The van der Waals surface area contributed by atoms with E-state index in [9.17, 15) is 21.6 Å². The molecule has 1 aromatic heterocycles. The fourth-order valence-electron chi connectivity index (χ4n) is 3.86. The summed E-state index contributed by atoms with van der Waals surface area (Å²) in [6.45, 7) is 7.97. The highest BCUT2D eigenvalue weighted by atomic mass is 32.2. The number of hydrogen-bond acceptors (Lipinski definition) is 5. The highest BCUT2D eigenvalue weighted by Gasteiger charge is 2.38. The molecule has 0 fully saturated rings. The van der Waals surface area contributed by atoms with Gasteiger partial charge < -0.3 is 15.2 Å². The van der Waals surface area contributed by atoms with E-state index in [2.05, 4.69) is 25.2 Å². The zero-order valence-electron chi connectivity index (χ0n) is 19.5. The van der Waals surface area contributed by atoms with Crippen molar-refractivity contribution in [3.8, 4) is 5.75 Å². The zero-order chi connectivity index (χ0) is 26.0. The van der Waals surface area contributed by atoms with Gasteiger partial charge in [-0.05, 0) is 60.7 Å². The maximum atomic E-state index is 13.7. The molecule has 2 heterocycles. The molecule has 1 aliphatic rings. The van der Waals surface area contributed by atoms with Crippen molar-refractivity contribution in [2.45, 2.75) is 50.7 Å². The number of rotatable bonds is 5. The van der Waals surface area contributed by atoms with Crippen LogP contribution in [0.4, 0.5) is 13.2 Å². The Morgan fingerprint density at radius 2 is 1.89 bits per heavy atom. The van der Waals surface area contributed by atoms with Crippen molar-refractivity contribution in [1.29, 1.82) is 0 Å². The molecule has 2 N–H and O–H groups in total. The Kier molecular flexibility index (Phi) is 7.80. The third-order valence-electron chi connectivity index (χ3n) is 5.56. The van der Waals surface area contributed by atoms with Crippen LogP contribution in [0.15, 0.2) is 47.5 Å². The van der Waals surface area contributed by atoms with Crippen molar-refractivity contribution in [2.75, 3.05) is 13.2 Å². The molecule has 2 aromatic carbocycles. The summed E-state index contributed by atoms with van der Waals surface area (Å²) in [5.74, 6) is -2.13. The van der Waals surface area contributed by atoms with E-state index in [-0.39, 0.29) is 10.8 Å². The van der Waals surface area contributed by atoms with E-state index in [4.69, 9.17) is 14.6 Å². The largest absolute Gasteiger partial charge is 0.492 e. The fraction of sp³-hybridized carbons (Fsp3) is 0.375. The van der Waals surface area contributed by atoms with E-state index in [0.717, 1.165) is 47.1 Å². The van der Waals surface area contributed by atoms with Crippen LogP contribution in [0.2, 0.25) is 0 Å².